The lowest BCUT2D eigenvalue weighted by Crippen LogP contribution is -2.40. The number of rotatable bonds is 6. The lowest BCUT2D eigenvalue weighted by atomic mass is 9.97. The van der Waals surface area contributed by atoms with Crippen molar-refractivity contribution in [2.24, 2.45) is 5.92 Å². The van der Waals surface area contributed by atoms with E-state index in [0.717, 1.165) is 31.7 Å². The summed E-state index contributed by atoms with van der Waals surface area (Å²) in [6, 6.07) is 10.9. The molecule has 1 aromatic carbocycles. The second kappa shape index (κ2) is 9.10. The Hall–Kier alpha value is -1.98. The minimum Gasteiger partial charge on any atom is -0.482 e. The van der Waals surface area contributed by atoms with Crippen LogP contribution >= 0.6 is 23.2 Å². The van der Waals surface area contributed by atoms with Crippen LogP contribution in [0.2, 0.25) is 10.0 Å². The fourth-order valence-electron chi connectivity index (χ4n) is 2.95. The second-order valence-corrected chi connectivity index (χ2v) is 7.13. The Morgan fingerprint density at radius 2 is 2.04 bits per heavy atom. The highest BCUT2D eigenvalue weighted by atomic mass is 35.5. The van der Waals surface area contributed by atoms with E-state index in [2.05, 4.69) is 15.2 Å². The first kappa shape index (κ1) is 18.8. The average Bonchev–Trinajstić information content (AvgIpc) is 2.67. The Morgan fingerprint density at radius 3 is 2.73 bits per heavy atom. The van der Waals surface area contributed by atoms with Crippen LogP contribution in [0.1, 0.15) is 12.8 Å². The third-order valence-electron chi connectivity index (χ3n) is 4.43. The highest BCUT2D eigenvalue weighted by Gasteiger charge is 2.20. The van der Waals surface area contributed by atoms with E-state index in [0.29, 0.717) is 28.3 Å². The number of pyridine rings is 1. The number of carbonyl (C=O) groups excluding carboxylic acids is 1. The van der Waals surface area contributed by atoms with Crippen LogP contribution in [0.4, 0.5) is 5.82 Å². The number of aromatic nitrogens is 1. The first-order valence-corrected chi connectivity index (χ1v) is 9.38. The Kier molecular flexibility index (Phi) is 6.58. The molecule has 7 heteroatoms. The Morgan fingerprint density at radius 1 is 1.23 bits per heavy atom. The number of carbonyl (C=O) groups is 1. The van der Waals surface area contributed by atoms with Crippen molar-refractivity contribution in [1.29, 1.82) is 0 Å². The molecule has 0 bridgehead atoms. The van der Waals surface area contributed by atoms with Gasteiger partial charge in [0.15, 0.2) is 6.61 Å². The van der Waals surface area contributed by atoms with E-state index < -0.39 is 0 Å². The normalized spacial score (nSPS) is 14.9. The molecule has 0 radical (unpaired) electrons. The van der Waals surface area contributed by atoms with Gasteiger partial charge in [0.1, 0.15) is 11.6 Å². The standard InChI is InChI=1S/C19H21Cl2N3O2/c20-15-4-5-17(16(21)11-15)26-13-19(25)23-12-14-6-9-24(10-7-14)18-3-1-2-8-22-18/h1-5,8,11,14H,6-7,9-10,12-13H2,(H,23,25). The van der Waals surface area contributed by atoms with Crippen LogP contribution in [0.25, 0.3) is 0 Å². The number of benzene rings is 1. The predicted octanol–water partition coefficient (Wildman–Crippen LogP) is 3.80. The molecule has 138 valence electrons. The van der Waals surface area contributed by atoms with Gasteiger partial charge in [-0.2, -0.15) is 0 Å². The number of ether oxygens (including phenoxy) is 1. The molecule has 5 nitrogen and oxygen atoms in total. The van der Waals surface area contributed by atoms with Crippen LogP contribution in [0.3, 0.4) is 0 Å². The van der Waals surface area contributed by atoms with Gasteiger partial charge in [-0.3, -0.25) is 4.79 Å². The van der Waals surface area contributed by atoms with Crippen molar-refractivity contribution in [2.45, 2.75) is 12.8 Å². The first-order valence-electron chi connectivity index (χ1n) is 8.62. The van der Waals surface area contributed by atoms with E-state index in [1.807, 2.05) is 24.4 Å². The molecule has 1 fully saturated rings. The molecule has 26 heavy (non-hydrogen) atoms. The number of hydrogen-bond acceptors (Lipinski definition) is 4. The minimum absolute atomic E-state index is 0.0614. The minimum atomic E-state index is -0.150. The third kappa shape index (κ3) is 5.26. The zero-order valence-electron chi connectivity index (χ0n) is 14.3. The van der Waals surface area contributed by atoms with Crippen molar-refractivity contribution in [3.63, 3.8) is 0 Å². The molecule has 2 aromatic rings. The zero-order chi connectivity index (χ0) is 18.4. The molecule has 1 amide bonds. The molecule has 0 atom stereocenters. The van der Waals surface area contributed by atoms with Crippen LogP contribution in [-0.4, -0.2) is 37.1 Å². The summed E-state index contributed by atoms with van der Waals surface area (Å²) in [5, 5.41) is 3.87. The summed E-state index contributed by atoms with van der Waals surface area (Å²) in [4.78, 5) is 18.7. The van der Waals surface area contributed by atoms with Crippen molar-refractivity contribution in [3.05, 3.63) is 52.6 Å². The number of amides is 1. The number of halogens is 2. The highest BCUT2D eigenvalue weighted by Crippen LogP contribution is 2.27. The molecule has 1 aliphatic heterocycles. The van der Waals surface area contributed by atoms with Crippen molar-refractivity contribution < 1.29 is 9.53 Å². The van der Waals surface area contributed by atoms with E-state index in [9.17, 15) is 4.79 Å². The lowest BCUT2D eigenvalue weighted by Gasteiger charge is -2.32. The molecule has 1 aliphatic rings. The molecular formula is C19H21Cl2N3O2. The van der Waals surface area contributed by atoms with Gasteiger partial charge < -0.3 is 15.0 Å². The average molecular weight is 394 g/mol. The van der Waals surface area contributed by atoms with E-state index in [1.165, 1.54) is 0 Å². The largest absolute Gasteiger partial charge is 0.482 e. The van der Waals surface area contributed by atoms with Crippen LogP contribution in [-0.2, 0) is 4.79 Å². The maximum atomic E-state index is 12.0. The van der Waals surface area contributed by atoms with Crippen molar-refractivity contribution in [3.8, 4) is 5.75 Å². The smallest absolute Gasteiger partial charge is 0.257 e. The SMILES string of the molecule is O=C(COc1ccc(Cl)cc1Cl)NCC1CCN(c2ccccn2)CC1. The van der Waals surface area contributed by atoms with Gasteiger partial charge in [0, 0.05) is 30.9 Å². The van der Waals surface area contributed by atoms with Crippen LogP contribution < -0.4 is 15.0 Å². The summed E-state index contributed by atoms with van der Waals surface area (Å²) in [6.07, 6.45) is 3.87. The third-order valence-corrected chi connectivity index (χ3v) is 4.96. The second-order valence-electron chi connectivity index (χ2n) is 6.29. The van der Waals surface area contributed by atoms with Crippen LogP contribution in [0, 0.1) is 5.92 Å². The van der Waals surface area contributed by atoms with Crippen molar-refractivity contribution >= 4 is 34.9 Å². The van der Waals surface area contributed by atoms with Gasteiger partial charge in [0.2, 0.25) is 0 Å². The van der Waals surface area contributed by atoms with Gasteiger partial charge in [-0.1, -0.05) is 29.3 Å². The van der Waals surface area contributed by atoms with Gasteiger partial charge in [-0.15, -0.1) is 0 Å². The molecule has 0 spiro atoms. The molecule has 0 unspecified atom stereocenters. The maximum Gasteiger partial charge on any atom is 0.257 e. The Balaban J connectivity index is 1.37. The molecule has 1 saturated heterocycles. The summed E-state index contributed by atoms with van der Waals surface area (Å²) >= 11 is 11.9. The van der Waals surface area contributed by atoms with Crippen LogP contribution in [0.15, 0.2) is 42.6 Å². The zero-order valence-corrected chi connectivity index (χ0v) is 15.8. The van der Waals surface area contributed by atoms with Crippen LogP contribution in [0.5, 0.6) is 5.75 Å². The first-order chi connectivity index (χ1) is 12.6. The fourth-order valence-corrected chi connectivity index (χ4v) is 3.41. The predicted molar refractivity (Wildman–Crippen MR) is 104 cm³/mol. The Labute approximate surface area is 163 Å². The van der Waals surface area contributed by atoms with Gasteiger partial charge in [-0.05, 0) is 49.1 Å². The van der Waals surface area contributed by atoms with Gasteiger partial charge in [0.05, 0.1) is 5.02 Å². The molecule has 0 aliphatic carbocycles. The number of hydrogen-bond donors (Lipinski definition) is 1. The number of nitrogens with zero attached hydrogens (tertiary/aromatic N) is 2. The van der Waals surface area contributed by atoms with Gasteiger partial charge in [0.25, 0.3) is 5.91 Å². The summed E-state index contributed by atoms with van der Waals surface area (Å²) < 4.78 is 5.45. The monoisotopic (exact) mass is 393 g/mol. The maximum absolute atomic E-state index is 12.0. The molecule has 3 rings (SSSR count). The summed E-state index contributed by atoms with van der Waals surface area (Å²) in [5.74, 6) is 1.79. The topological polar surface area (TPSA) is 54.5 Å². The Bertz CT molecular complexity index is 735. The summed E-state index contributed by atoms with van der Waals surface area (Å²) in [7, 11) is 0. The van der Waals surface area contributed by atoms with Crippen molar-refractivity contribution in [1.82, 2.24) is 10.3 Å². The summed E-state index contributed by atoms with van der Waals surface area (Å²) in [5.41, 5.74) is 0. The van der Waals surface area contributed by atoms with Gasteiger partial charge in [-0.25, -0.2) is 4.98 Å². The molecule has 0 saturated carbocycles. The number of anilines is 1. The van der Waals surface area contributed by atoms with E-state index in [-0.39, 0.29) is 12.5 Å². The molecular weight excluding hydrogens is 373 g/mol. The highest BCUT2D eigenvalue weighted by molar-refractivity contribution is 6.35. The lowest BCUT2D eigenvalue weighted by molar-refractivity contribution is -0.123. The molecule has 2 heterocycles. The van der Waals surface area contributed by atoms with E-state index in [4.69, 9.17) is 27.9 Å². The number of nitrogens with one attached hydrogen (secondary N) is 1. The van der Waals surface area contributed by atoms with Gasteiger partial charge >= 0.3 is 0 Å². The van der Waals surface area contributed by atoms with Crippen molar-refractivity contribution in [2.75, 3.05) is 31.1 Å². The quantitative estimate of drug-likeness (QED) is 0.810. The molecule has 1 aromatic heterocycles. The van der Waals surface area contributed by atoms with E-state index >= 15 is 0 Å². The molecule has 1 N–H and O–H groups in total. The number of piperidine rings is 1. The summed E-state index contributed by atoms with van der Waals surface area (Å²) in [6.45, 7) is 2.50. The van der Waals surface area contributed by atoms with E-state index in [1.54, 1.807) is 18.2 Å². The fraction of sp³-hybridized carbons (Fsp3) is 0.368.